The summed E-state index contributed by atoms with van der Waals surface area (Å²) in [7, 11) is 0. The molecule has 1 fully saturated rings. The number of rotatable bonds is 3. The molecule has 0 N–H and O–H groups in total. The largest absolute Gasteiger partial charge is 0.376 e. The number of aromatic nitrogens is 4. The van der Waals surface area contributed by atoms with Crippen molar-refractivity contribution in [3.63, 3.8) is 0 Å². The highest BCUT2D eigenvalue weighted by Gasteiger charge is 2.27. The highest BCUT2D eigenvalue weighted by molar-refractivity contribution is 6.20. The molecule has 0 spiro atoms. The first-order valence-electron chi connectivity index (χ1n) is 5.23. The van der Waals surface area contributed by atoms with Gasteiger partial charge in [0.2, 0.25) is 0 Å². The SMILES string of the molecule is CC(Cl)c1nnnn1C(C)C1CCCO1. The summed E-state index contributed by atoms with van der Waals surface area (Å²) >= 11 is 6.00. The van der Waals surface area contributed by atoms with Gasteiger partial charge in [-0.2, -0.15) is 0 Å². The molecule has 5 nitrogen and oxygen atoms in total. The first-order chi connectivity index (χ1) is 7.20. The number of tetrazole rings is 1. The van der Waals surface area contributed by atoms with E-state index in [0.717, 1.165) is 19.4 Å². The molecule has 1 aliphatic rings. The van der Waals surface area contributed by atoms with E-state index in [1.165, 1.54) is 0 Å². The Balaban J connectivity index is 2.16. The van der Waals surface area contributed by atoms with Gasteiger partial charge in [0, 0.05) is 6.61 Å². The Bertz CT molecular complexity index is 322. The quantitative estimate of drug-likeness (QED) is 0.742. The Labute approximate surface area is 93.7 Å². The van der Waals surface area contributed by atoms with Gasteiger partial charge in [-0.1, -0.05) is 0 Å². The van der Waals surface area contributed by atoms with E-state index in [1.807, 2.05) is 6.92 Å². The number of halogens is 1. The van der Waals surface area contributed by atoms with E-state index >= 15 is 0 Å². The second-order valence-corrected chi connectivity index (χ2v) is 4.54. The first kappa shape index (κ1) is 10.8. The molecule has 0 aromatic carbocycles. The number of hydrogen-bond acceptors (Lipinski definition) is 4. The smallest absolute Gasteiger partial charge is 0.169 e. The van der Waals surface area contributed by atoms with E-state index in [9.17, 15) is 0 Å². The van der Waals surface area contributed by atoms with Gasteiger partial charge in [-0.05, 0) is 37.1 Å². The van der Waals surface area contributed by atoms with Crippen LogP contribution in [0.5, 0.6) is 0 Å². The molecule has 0 radical (unpaired) electrons. The average molecular weight is 231 g/mol. The molecule has 0 bridgehead atoms. The standard InChI is InChI=1S/C9H15ClN4O/c1-6(10)9-11-12-13-14(9)7(2)8-4-3-5-15-8/h6-8H,3-5H2,1-2H3. The van der Waals surface area contributed by atoms with Crippen LogP contribution in [0.2, 0.25) is 0 Å². The molecule has 2 rings (SSSR count). The van der Waals surface area contributed by atoms with Crippen LogP contribution in [0, 0.1) is 0 Å². The highest BCUT2D eigenvalue weighted by atomic mass is 35.5. The molecule has 6 heteroatoms. The maximum absolute atomic E-state index is 6.00. The van der Waals surface area contributed by atoms with Crippen LogP contribution in [-0.4, -0.2) is 32.9 Å². The van der Waals surface area contributed by atoms with Gasteiger partial charge in [0.15, 0.2) is 5.82 Å². The number of hydrogen-bond donors (Lipinski definition) is 0. The van der Waals surface area contributed by atoms with Crippen LogP contribution in [0.4, 0.5) is 0 Å². The van der Waals surface area contributed by atoms with Crippen molar-refractivity contribution in [2.24, 2.45) is 0 Å². The van der Waals surface area contributed by atoms with Gasteiger partial charge in [-0.3, -0.25) is 0 Å². The summed E-state index contributed by atoms with van der Waals surface area (Å²) in [6, 6.07) is 0.152. The molecule has 2 heterocycles. The summed E-state index contributed by atoms with van der Waals surface area (Å²) in [6.07, 6.45) is 2.39. The number of nitrogens with zero attached hydrogens (tertiary/aromatic N) is 4. The third-order valence-corrected chi connectivity index (χ3v) is 2.96. The van der Waals surface area contributed by atoms with E-state index in [2.05, 4.69) is 22.4 Å². The van der Waals surface area contributed by atoms with Crippen LogP contribution < -0.4 is 0 Å². The molecule has 0 amide bonds. The molecule has 0 saturated carbocycles. The van der Waals surface area contributed by atoms with Crippen molar-refractivity contribution in [2.75, 3.05) is 6.61 Å². The molecular weight excluding hydrogens is 216 g/mol. The van der Waals surface area contributed by atoms with Crippen molar-refractivity contribution in [1.82, 2.24) is 20.2 Å². The minimum absolute atomic E-state index is 0.152. The van der Waals surface area contributed by atoms with Gasteiger partial charge in [0.05, 0.1) is 17.5 Å². The minimum Gasteiger partial charge on any atom is -0.376 e. The first-order valence-corrected chi connectivity index (χ1v) is 5.67. The zero-order chi connectivity index (χ0) is 10.8. The lowest BCUT2D eigenvalue weighted by Gasteiger charge is -2.19. The lowest BCUT2D eigenvalue weighted by molar-refractivity contribution is 0.0674. The summed E-state index contributed by atoms with van der Waals surface area (Å²) in [5, 5.41) is 11.4. The minimum atomic E-state index is -0.177. The Hall–Kier alpha value is -0.680. The second-order valence-electron chi connectivity index (χ2n) is 3.89. The van der Waals surface area contributed by atoms with Gasteiger partial charge in [-0.15, -0.1) is 16.7 Å². The van der Waals surface area contributed by atoms with Crippen LogP contribution in [0.15, 0.2) is 0 Å². The predicted octanol–water partition coefficient (Wildman–Crippen LogP) is 1.71. The van der Waals surface area contributed by atoms with Crippen LogP contribution in [0.25, 0.3) is 0 Å². The summed E-state index contributed by atoms with van der Waals surface area (Å²) < 4.78 is 7.39. The lowest BCUT2D eigenvalue weighted by atomic mass is 10.1. The van der Waals surface area contributed by atoms with Gasteiger partial charge < -0.3 is 4.74 Å². The van der Waals surface area contributed by atoms with Crippen molar-refractivity contribution in [2.45, 2.75) is 44.2 Å². The Morgan fingerprint density at radius 3 is 2.93 bits per heavy atom. The molecule has 1 aromatic rings. The third kappa shape index (κ3) is 2.13. The van der Waals surface area contributed by atoms with Gasteiger partial charge >= 0.3 is 0 Å². The summed E-state index contributed by atoms with van der Waals surface area (Å²) in [5.41, 5.74) is 0. The fourth-order valence-electron chi connectivity index (χ4n) is 1.89. The predicted molar refractivity (Wildman–Crippen MR) is 55.8 cm³/mol. The van der Waals surface area contributed by atoms with Crippen molar-refractivity contribution in [3.8, 4) is 0 Å². The molecule has 84 valence electrons. The zero-order valence-electron chi connectivity index (χ0n) is 8.93. The van der Waals surface area contributed by atoms with Crippen molar-refractivity contribution < 1.29 is 4.74 Å². The summed E-state index contributed by atoms with van der Waals surface area (Å²) in [6.45, 7) is 4.77. The fourth-order valence-corrected chi connectivity index (χ4v) is 2.04. The molecule has 3 atom stereocenters. The monoisotopic (exact) mass is 230 g/mol. The number of ether oxygens (including phenoxy) is 1. The van der Waals surface area contributed by atoms with Crippen LogP contribution in [-0.2, 0) is 4.74 Å². The maximum Gasteiger partial charge on any atom is 0.169 e. The van der Waals surface area contributed by atoms with Crippen molar-refractivity contribution in [3.05, 3.63) is 5.82 Å². The Morgan fingerprint density at radius 2 is 2.33 bits per heavy atom. The molecule has 0 aliphatic carbocycles. The molecular formula is C9H15ClN4O. The molecule has 3 unspecified atom stereocenters. The third-order valence-electron chi connectivity index (χ3n) is 2.76. The molecule has 15 heavy (non-hydrogen) atoms. The van der Waals surface area contributed by atoms with Gasteiger partial charge in [0.25, 0.3) is 0 Å². The Kier molecular flexibility index (Phi) is 3.21. The highest BCUT2D eigenvalue weighted by Crippen LogP contribution is 2.26. The van der Waals surface area contributed by atoms with E-state index < -0.39 is 0 Å². The maximum atomic E-state index is 6.00. The van der Waals surface area contributed by atoms with Crippen LogP contribution >= 0.6 is 11.6 Å². The van der Waals surface area contributed by atoms with Crippen LogP contribution in [0.1, 0.15) is 43.9 Å². The van der Waals surface area contributed by atoms with E-state index in [0.29, 0.717) is 5.82 Å². The van der Waals surface area contributed by atoms with E-state index in [1.54, 1.807) is 4.68 Å². The van der Waals surface area contributed by atoms with Crippen molar-refractivity contribution >= 4 is 11.6 Å². The van der Waals surface area contributed by atoms with E-state index in [4.69, 9.17) is 16.3 Å². The van der Waals surface area contributed by atoms with Crippen LogP contribution in [0.3, 0.4) is 0 Å². The average Bonchev–Trinajstić information content (AvgIpc) is 2.88. The molecule has 1 aliphatic heterocycles. The summed E-state index contributed by atoms with van der Waals surface area (Å²) in [4.78, 5) is 0. The fraction of sp³-hybridized carbons (Fsp3) is 0.889. The van der Waals surface area contributed by atoms with E-state index in [-0.39, 0.29) is 17.5 Å². The zero-order valence-corrected chi connectivity index (χ0v) is 9.68. The second kappa shape index (κ2) is 4.45. The normalized spacial score (nSPS) is 25.4. The van der Waals surface area contributed by atoms with Crippen molar-refractivity contribution in [1.29, 1.82) is 0 Å². The van der Waals surface area contributed by atoms with Gasteiger partial charge in [-0.25, -0.2) is 4.68 Å². The lowest BCUT2D eigenvalue weighted by Crippen LogP contribution is -2.23. The van der Waals surface area contributed by atoms with Gasteiger partial charge in [0.1, 0.15) is 0 Å². The summed E-state index contributed by atoms with van der Waals surface area (Å²) in [5.74, 6) is 0.708. The topological polar surface area (TPSA) is 52.8 Å². The number of alkyl halides is 1. The molecule has 1 saturated heterocycles. The molecule has 1 aromatic heterocycles. The Morgan fingerprint density at radius 1 is 1.53 bits per heavy atom.